The van der Waals surface area contributed by atoms with E-state index >= 15 is 0 Å². The number of nitrogens with one attached hydrogen (secondary N) is 3. The first-order valence-electron chi connectivity index (χ1n) is 8.48. The summed E-state index contributed by atoms with van der Waals surface area (Å²) in [6.07, 6.45) is 4.73. The van der Waals surface area contributed by atoms with E-state index in [1.165, 1.54) is 30.6 Å². The second-order valence-electron chi connectivity index (χ2n) is 6.28. The summed E-state index contributed by atoms with van der Waals surface area (Å²) >= 11 is 1.21. The number of hydrogen-bond acceptors (Lipinski definition) is 5. The lowest BCUT2D eigenvalue weighted by Crippen LogP contribution is -2.48. The van der Waals surface area contributed by atoms with E-state index in [1.807, 2.05) is 0 Å². The van der Waals surface area contributed by atoms with Gasteiger partial charge in [0.05, 0.1) is 0 Å². The van der Waals surface area contributed by atoms with E-state index in [9.17, 15) is 8.42 Å². The summed E-state index contributed by atoms with van der Waals surface area (Å²) < 4.78 is 32.2. The highest BCUT2D eigenvalue weighted by Gasteiger charge is 2.36. The molecular formula is C16H28N4O3S2. The van der Waals surface area contributed by atoms with Crippen molar-refractivity contribution in [3.05, 3.63) is 17.5 Å². The molecule has 0 saturated heterocycles. The standard InChI is InChI=1S/C16H28N4O3S2/c1-17-15(19-13-16(6-4-7-16)8-11-23-2)18-9-10-20-25(21,22)14-5-3-12-24-14/h3,5,12,20H,4,6-11,13H2,1-2H3,(H2,17,18,19). The van der Waals surface area contributed by atoms with Crippen LogP contribution in [-0.2, 0) is 14.8 Å². The summed E-state index contributed by atoms with van der Waals surface area (Å²) in [5.74, 6) is 0.694. The zero-order valence-electron chi connectivity index (χ0n) is 14.9. The highest BCUT2D eigenvalue weighted by Crippen LogP contribution is 2.43. The number of nitrogens with zero attached hydrogens (tertiary/aromatic N) is 1. The van der Waals surface area contributed by atoms with E-state index in [1.54, 1.807) is 31.7 Å². The van der Waals surface area contributed by atoms with Crippen molar-refractivity contribution in [1.82, 2.24) is 15.4 Å². The van der Waals surface area contributed by atoms with Gasteiger partial charge in [0, 0.05) is 40.4 Å². The van der Waals surface area contributed by atoms with Gasteiger partial charge in [-0.25, -0.2) is 13.1 Å². The highest BCUT2D eigenvalue weighted by molar-refractivity contribution is 7.91. The van der Waals surface area contributed by atoms with Crippen molar-refractivity contribution >= 4 is 27.3 Å². The van der Waals surface area contributed by atoms with E-state index in [-0.39, 0.29) is 0 Å². The summed E-state index contributed by atoms with van der Waals surface area (Å²) in [7, 11) is 0.0418. The van der Waals surface area contributed by atoms with Crippen LogP contribution in [0.1, 0.15) is 25.7 Å². The molecule has 0 spiro atoms. The average molecular weight is 389 g/mol. The van der Waals surface area contributed by atoms with Crippen LogP contribution in [0.15, 0.2) is 26.7 Å². The monoisotopic (exact) mass is 388 g/mol. The van der Waals surface area contributed by atoms with Crippen molar-refractivity contribution in [3.8, 4) is 0 Å². The molecule has 3 N–H and O–H groups in total. The Morgan fingerprint density at radius 2 is 2.16 bits per heavy atom. The van der Waals surface area contributed by atoms with Crippen LogP contribution in [0.3, 0.4) is 0 Å². The Morgan fingerprint density at radius 3 is 2.72 bits per heavy atom. The molecule has 0 amide bonds. The van der Waals surface area contributed by atoms with Crippen LogP contribution in [0.4, 0.5) is 0 Å². The van der Waals surface area contributed by atoms with Crippen LogP contribution in [0.25, 0.3) is 0 Å². The van der Waals surface area contributed by atoms with Gasteiger partial charge in [-0.2, -0.15) is 0 Å². The molecule has 1 aromatic rings. The number of ether oxygens (including phenoxy) is 1. The normalized spacial score (nSPS) is 17.1. The average Bonchev–Trinajstić information content (AvgIpc) is 3.10. The van der Waals surface area contributed by atoms with Gasteiger partial charge in [0.1, 0.15) is 4.21 Å². The predicted molar refractivity (Wildman–Crippen MR) is 102 cm³/mol. The fourth-order valence-electron chi connectivity index (χ4n) is 2.86. The highest BCUT2D eigenvalue weighted by atomic mass is 32.2. The zero-order chi connectivity index (χ0) is 18.2. The van der Waals surface area contributed by atoms with Gasteiger partial charge in [-0.05, 0) is 36.1 Å². The van der Waals surface area contributed by atoms with Gasteiger partial charge in [-0.15, -0.1) is 11.3 Å². The minimum absolute atomic E-state index is 0.300. The molecule has 0 unspecified atom stereocenters. The Kier molecular flexibility index (Phi) is 7.67. The number of methoxy groups -OCH3 is 1. The maximum atomic E-state index is 12.0. The first-order valence-corrected chi connectivity index (χ1v) is 10.8. The quantitative estimate of drug-likeness (QED) is 0.320. The van der Waals surface area contributed by atoms with Crippen LogP contribution in [0.5, 0.6) is 0 Å². The van der Waals surface area contributed by atoms with Gasteiger partial charge in [-0.3, -0.25) is 4.99 Å². The molecule has 7 nitrogen and oxygen atoms in total. The van der Waals surface area contributed by atoms with Crippen LogP contribution in [0, 0.1) is 5.41 Å². The molecule has 0 radical (unpaired) electrons. The summed E-state index contributed by atoms with van der Waals surface area (Å²) in [5, 5.41) is 8.25. The lowest BCUT2D eigenvalue weighted by Gasteiger charge is -2.42. The summed E-state index contributed by atoms with van der Waals surface area (Å²) in [6, 6.07) is 3.32. The van der Waals surface area contributed by atoms with E-state index in [2.05, 4.69) is 20.3 Å². The minimum atomic E-state index is -3.41. The Balaban J connectivity index is 1.70. The molecule has 1 fully saturated rings. The van der Waals surface area contributed by atoms with Crippen molar-refractivity contribution in [2.75, 3.05) is 40.4 Å². The predicted octanol–water partition coefficient (Wildman–Crippen LogP) is 1.40. The first kappa shape index (κ1) is 20.2. The zero-order valence-corrected chi connectivity index (χ0v) is 16.5. The second-order valence-corrected chi connectivity index (χ2v) is 9.22. The van der Waals surface area contributed by atoms with Gasteiger partial charge >= 0.3 is 0 Å². The molecular weight excluding hydrogens is 360 g/mol. The number of hydrogen-bond donors (Lipinski definition) is 3. The first-order chi connectivity index (χ1) is 12.0. The van der Waals surface area contributed by atoms with Gasteiger partial charge in [0.25, 0.3) is 0 Å². The van der Waals surface area contributed by atoms with Gasteiger partial charge < -0.3 is 15.4 Å². The Labute approximate surface area is 154 Å². The van der Waals surface area contributed by atoms with Gasteiger partial charge in [0.15, 0.2) is 5.96 Å². The molecule has 2 rings (SSSR count). The Hall–Kier alpha value is -1.16. The van der Waals surface area contributed by atoms with E-state index in [0.717, 1.165) is 19.6 Å². The number of rotatable bonds is 10. The fourth-order valence-corrected chi connectivity index (χ4v) is 4.93. The minimum Gasteiger partial charge on any atom is -0.385 e. The van der Waals surface area contributed by atoms with Crippen molar-refractivity contribution < 1.29 is 13.2 Å². The van der Waals surface area contributed by atoms with Crippen LogP contribution < -0.4 is 15.4 Å². The molecule has 1 heterocycles. The maximum Gasteiger partial charge on any atom is 0.250 e. The van der Waals surface area contributed by atoms with E-state index in [4.69, 9.17) is 4.74 Å². The molecule has 9 heteroatoms. The number of guanidine groups is 1. The Bertz CT molecular complexity index is 640. The molecule has 0 atom stereocenters. The second kappa shape index (κ2) is 9.51. The van der Waals surface area contributed by atoms with Crippen molar-refractivity contribution in [1.29, 1.82) is 0 Å². The van der Waals surface area contributed by atoms with Crippen LogP contribution in [-0.4, -0.2) is 54.8 Å². The topological polar surface area (TPSA) is 91.8 Å². The third kappa shape index (κ3) is 5.95. The molecule has 1 aromatic heterocycles. The van der Waals surface area contributed by atoms with Crippen molar-refractivity contribution in [3.63, 3.8) is 0 Å². The third-order valence-corrected chi connectivity index (χ3v) is 7.43. The maximum absolute atomic E-state index is 12.0. The van der Waals surface area contributed by atoms with Crippen molar-refractivity contribution in [2.24, 2.45) is 10.4 Å². The fraction of sp³-hybridized carbons (Fsp3) is 0.688. The molecule has 0 aliphatic heterocycles. The van der Waals surface area contributed by atoms with Gasteiger partial charge in [0.2, 0.25) is 10.0 Å². The Morgan fingerprint density at radius 1 is 1.36 bits per heavy atom. The largest absolute Gasteiger partial charge is 0.385 e. The molecule has 1 aliphatic rings. The molecule has 1 aliphatic carbocycles. The summed E-state index contributed by atoms with van der Waals surface area (Å²) in [6.45, 7) is 2.40. The lowest BCUT2D eigenvalue weighted by molar-refractivity contribution is 0.0732. The van der Waals surface area contributed by atoms with Crippen LogP contribution >= 0.6 is 11.3 Å². The molecule has 0 bridgehead atoms. The third-order valence-electron chi connectivity index (χ3n) is 4.57. The number of aliphatic imine (C=N–C) groups is 1. The molecule has 0 aromatic carbocycles. The molecule has 25 heavy (non-hydrogen) atoms. The molecule has 1 saturated carbocycles. The number of thiophene rings is 1. The summed E-state index contributed by atoms with van der Waals surface area (Å²) in [4.78, 5) is 4.20. The molecule has 142 valence electrons. The van der Waals surface area contributed by atoms with Gasteiger partial charge in [-0.1, -0.05) is 12.5 Å². The van der Waals surface area contributed by atoms with Crippen LogP contribution in [0.2, 0.25) is 0 Å². The number of sulfonamides is 1. The summed E-state index contributed by atoms with van der Waals surface area (Å²) in [5.41, 5.74) is 0.300. The van der Waals surface area contributed by atoms with E-state index < -0.39 is 10.0 Å². The smallest absolute Gasteiger partial charge is 0.250 e. The van der Waals surface area contributed by atoms with Crippen molar-refractivity contribution in [2.45, 2.75) is 29.9 Å². The lowest BCUT2D eigenvalue weighted by atomic mass is 9.67. The van der Waals surface area contributed by atoms with E-state index in [0.29, 0.717) is 28.7 Å². The SMILES string of the molecule is CN=C(NCCNS(=O)(=O)c1cccs1)NCC1(CCOC)CCC1.